The van der Waals surface area contributed by atoms with Crippen molar-refractivity contribution in [1.29, 1.82) is 0 Å². The summed E-state index contributed by atoms with van der Waals surface area (Å²) in [5.41, 5.74) is -3.37. The van der Waals surface area contributed by atoms with Crippen molar-refractivity contribution in [2.24, 2.45) is 17.8 Å². The minimum Gasteiger partial charge on any atom is -0.477 e. The second-order valence-corrected chi connectivity index (χ2v) is 23.5. The third-order valence-corrected chi connectivity index (χ3v) is 16.9. The van der Waals surface area contributed by atoms with Crippen LogP contribution in [0.4, 0.5) is 4.79 Å². The number of carboxylic acid groups (broad SMARTS) is 1. The van der Waals surface area contributed by atoms with Gasteiger partial charge in [0, 0.05) is 62.7 Å². The first kappa shape index (κ1) is 62.9. The van der Waals surface area contributed by atoms with E-state index in [-0.39, 0.29) is 49.3 Å². The van der Waals surface area contributed by atoms with E-state index >= 15 is 0 Å². The standard InChI is InChI=1S/C57H90N4O17/c1-16-42-57(11)49(77-54(68)78-57)35(7)60(14)29-31(3)27-55(9,69)48(76-53-46(64)41(59(12)13)25-32(4)71-53)33(5)47(34(6)52(67)73-42)75-44-28-56(10,70-15)50(36(8)72-44)74-43(62)22-24-58-23-18-19-37-20-21-40-38(26-37)45(63)39(51(65)66)30-61(40)17-2/h20-21,26,30-36,41-42,44,46-50,53,58,64,69H,16-19,22-25,27-29H2,1-15H3,(H,65,66)/t31-,32+,33+,34+,35-,36-,41-,42-,44+,46-,47+,48-,49+,50+,53-,55+,56-,57-/m0/s1. The van der Waals surface area contributed by atoms with E-state index in [4.69, 9.17) is 42.6 Å². The van der Waals surface area contributed by atoms with Crippen molar-refractivity contribution in [3.8, 4) is 0 Å². The highest BCUT2D eigenvalue weighted by atomic mass is 16.8. The zero-order chi connectivity index (χ0) is 57.8. The van der Waals surface area contributed by atoms with Gasteiger partial charge < -0.3 is 72.7 Å². The predicted molar refractivity (Wildman–Crippen MR) is 288 cm³/mol. The number of aromatic nitrogens is 1. The summed E-state index contributed by atoms with van der Waals surface area (Å²) in [7, 11) is 7.17. The summed E-state index contributed by atoms with van der Waals surface area (Å²) in [6, 6.07) is 4.80. The average molecular weight is 1100 g/mol. The van der Waals surface area contributed by atoms with Crippen LogP contribution in [0, 0.1) is 17.8 Å². The van der Waals surface area contributed by atoms with Gasteiger partial charge in [0.1, 0.15) is 23.4 Å². The predicted octanol–water partition coefficient (Wildman–Crippen LogP) is 5.28. The fraction of sp³-hybridized carbons (Fsp3) is 0.772. The molecule has 4 fully saturated rings. The van der Waals surface area contributed by atoms with E-state index in [1.54, 1.807) is 45.3 Å². The lowest BCUT2D eigenvalue weighted by atomic mass is 9.77. The van der Waals surface area contributed by atoms with Gasteiger partial charge in [-0.3, -0.25) is 19.3 Å². The summed E-state index contributed by atoms with van der Waals surface area (Å²) in [4.78, 5) is 70.0. The number of carboxylic acids is 1. The lowest BCUT2D eigenvalue weighted by Crippen LogP contribution is -2.61. The van der Waals surface area contributed by atoms with E-state index in [0.717, 1.165) is 5.56 Å². The molecular weight excluding hydrogens is 1010 g/mol. The number of benzene rings is 1. The fourth-order valence-corrected chi connectivity index (χ4v) is 12.5. The monoisotopic (exact) mass is 1100 g/mol. The third kappa shape index (κ3) is 14.1. The summed E-state index contributed by atoms with van der Waals surface area (Å²) in [6.45, 7) is 21.8. The number of aliphatic hydroxyl groups excluding tert-OH is 1. The molecule has 18 atom stereocenters. The minimum atomic E-state index is -1.63. The van der Waals surface area contributed by atoms with Crippen molar-refractivity contribution >= 4 is 35.0 Å². The number of fused-ring (bicyclic) bond motifs is 2. The van der Waals surface area contributed by atoms with Gasteiger partial charge in [0.25, 0.3) is 0 Å². The number of rotatable bonds is 17. The number of esters is 2. The molecule has 0 bridgehead atoms. The Balaban J connectivity index is 1.20. The van der Waals surface area contributed by atoms with Crippen LogP contribution >= 0.6 is 0 Å². The van der Waals surface area contributed by atoms with Crippen molar-refractivity contribution in [3.05, 3.63) is 45.7 Å². The van der Waals surface area contributed by atoms with Crippen LogP contribution in [-0.2, 0) is 65.2 Å². The maximum Gasteiger partial charge on any atom is 0.509 e. The number of likely N-dealkylation sites (N-methyl/N-ethyl adjacent to an activating group) is 2. The third-order valence-electron chi connectivity index (χ3n) is 16.9. The van der Waals surface area contributed by atoms with E-state index in [0.29, 0.717) is 56.3 Å². The fourth-order valence-electron chi connectivity index (χ4n) is 12.5. The van der Waals surface area contributed by atoms with Crippen LogP contribution in [0.25, 0.3) is 10.9 Å². The minimum absolute atomic E-state index is 0.0408. The second kappa shape index (κ2) is 26.1. The molecule has 0 spiro atoms. The second-order valence-electron chi connectivity index (χ2n) is 23.5. The van der Waals surface area contributed by atoms with Gasteiger partial charge in [0.2, 0.25) is 5.43 Å². The maximum atomic E-state index is 14.8. The maximum absolute atomic E-state index is 14.8. The van der Waals surface area contributed by atoms with E-state index < -0.39 is 119 Å². The van der Waals surface area contributed by atoms with Gasteiger partial charge in [-0.05, 0) is 139 Å². The molecule has 440 valence electrons. The number of ether oxygens (including phenoxy) is 9. The van der Waals surface area contributed by atoms with E-state index in [1.807, 2.05) is 84.6 Å². The van der Waals surface area contributed by atoms with Crippen LogP contribution in [0.15, 0.2) is 29.2 Å². The Morgan fingerprint density at radius 2 is 1.65 bits per heavy atom. The van der Waals surface area contributed by atoms with Gasteiger partial charge in [0.15, 0.2) is 30.4 Å². The number of carbonyl (C=O) groups is 4. The molecule has 0 amide bonds. The number of cyclic esters (lactones) is 1. The Morgan fingerprint density at radius 1 is 0.949 bits per heavy atom. The summed E-state index contributed by atoms with van der Waals surface area (Å²) >= 11 is 0. The molecular formula is C57H90N4O17. The first-order valence-electron chi connectivity index (χ1n) is 27.9. The smallest absolute Gasteiger partial charge is 0.477 e. The van der Waals surface area contributed by atoms with Crippen LogP contribution in [0.5, 0.6) is 0 Å². The van der Waals surface area contributed by atoms with Crippen LogP contribution in [-0.4, -0.2) is 192 Å². The van der Waals surface area contributed by atoms with Gasteiger partial charge in [-0.15, -0.1) is 0 Å². The van der Waals surface area contributed by atoms with Gasteiger partial charge in [-0.1, -0.05) is 26.8 Å². The number of pyridine rings is 1. The van der Waals surface area contributed by atoms with E-state index in [2.05, 4.69) is 5.32 Å². The van der Waals surface area contributed by atoms with Crippen molar-refractivity contribution < 1.29 is 77.1 Å². The zero-order valence-electron chi connectivity index (χ0n) is 48.6. The number of nitrogens with zero attached hydrogens (tertiary/aromatic N) is 3. The van der Waals surface area contributed by atoms with Gasteiger partial charge in [-0.25, -0.2) is 9.59 Å². The molecule has 1 aromatic heterocycles. The lowest BCUT2D eigenvalue weighted by molar-refractivity contribution is -0.318. The SMILES string of the molecule is CC[C@@H]1OC(=O)[C@H](C)[C@H](O[C@@H]2C[C@](C)(OC)[C@H](OC(=O)CCNCCCc3ccc4c(c3)c(=O)c(C(=O)O)cn4CC)[C@H](C)O2)[C@@H](C)[C@H](O[C@@H]2O[C@H](C)C[C@H](N(C)C)[C@@H]2O)[C@](C)(O)C[C@H](C)CN(C)[C@@H](C)[C@H]2OC(=O)O[C@@]12C. The normalized spacial score (nSPS) is 37.4. The molecule has 4 aliphatic heterocycles. The molecule has 1 aromatic carbocycles. The number of carbonyl (C=O) groups excluding carboxylic acids is 3. The molecule has 0 saturated carbocycles. The number of hydrogen-bond acceptors (Lipinski definition) is 19. The number of methoxy groups -OCH3 is 1. The molecule has 2 aromatic rings. The quantitative estimate of drug-likeness (QED) is 0.0893. The van der Waals surface area contributed by atoms with Crippen molar-refractivity contribution in [2.75, 3.05) is 47.9 Å². The summed E-state index contributed by atoms with van der Waals surface area (Å²) < 4.78 is 58.8. The van der Waals surface area contributed by atoms with E-state index in [9.17, 15) is 39.3 Å². The summed E-state index contributed by atoms with van der Waals surface area (Å²) in [5, 5.41) is 37.9. The summed E-state index contributed by atoms with van der Waals surface area (Å²) in [5.74, 6) is -4.50. The highest BCUT2D eigenvalue weighted by Gasteiger charge is 2.58. The largest absolute Gasteiger partial charge is 0.509 e. The number of nitrogens with one attached hydrogen (secondary N) is 1. The van der Waals surface area contributed by atoms with Gasteiger partial charge in [0.05, 0.1) is 47.9 Å². The Labute approximate surface area is 459 Å². The summed E-state index contributed by atoms with van der Waals surface area (Å²) in [6.07, 6.45) is -6.32. The van der Waals surface area contributed by atoms with Crippen molar-refractivity contribution in [2.45, 2.75) is 218 Å². The number of aryl methyl sites for hydroxylation is 2. The molecule has 0 unspecified atom stereocenters. The zero-order valence-corrected chi connectivity index (χ0v) is 48.6. The van der Waals surface area contributed by atoms with Crippen LogP contribution in [0.1, 0.15) is 131 Å². The highest BCUT2D eigenvalue weighted by Crippen LogP contribution is 2.42. The van der Waals surface area contributed by atoms with Crippen LogP contribution in [0.2, 0.25) is 0 Å². The molecule has 78 heavy (non-hydrogen) atoms. The molecule has 21 heteroatoms. The molecule has 4 N–H and O–H groups in total. The van der Waals surface area contributed by atoms with Gasteiger partial charge in [-0.2, -0.15) is 0 Å². The van der Waals surface area contributed by atoms with Crippen LogP contribution in [0.3, 0.4) is 0 Å². The number of hydrogen-bond donors (Lipinski definition) is 4. The van der Waals surface area contributed by atoms with Gasteiger partial charge >= 0.3 is 24.1 Å². The Bertz CT molecular complexity index is 2450. The molecule has 0 radical (unpaired) electrons. The lowest BCUT2D eigenvalue weighted by Gasteiger charge is -2.49. The molecule has 5 heterocycles. The van der Waals surface area contributed by atoms with Crippen molar-refractivity contribution in [3.63, 3.8) is 0 Å². The Hall–Kier alpha value is -4.29. The first-order valence-corrected chi connectivity index (χ1v) is 27.9. The number of aromatic carboxylic acids is 1. The Kier molecular flexibility index (Phi) is 21.0. The van der Waals surface area contributed by atoms with E-state index in [1.165, 1.54) is 13.3 Å². The molecule has 4 saturated heterocycles. The highest BCUT2D eigenvalue weighted by molar-refractivity contribution is 5.92. The first-order chi connectivity index (χ1) is 36.6. The number of aliphatic hydroxyl groups is 2. The topological polar surface area (TPSA) is 253 Å². The van der Waals surface area contributed by atoms with Crippen LogP contribution < -0.4 is 10.7 Å². The molecule has 6 rings (SSSR count). The molecule has 4 aliphatic rings. The molecule has 21 nitrogen and oxygen atoms in total. The molecule has 0 aliphatic carbocycles. The average Bonchev–Trinajstić information content (AvgIpc) is 3.73. The van der Waals surface area contributed by atoms with Crippen molar-refractivity contribution in [1.82, 2.24) is 19.7 Å². The Morgan fingerprint density at radius 3 is 2.29 bits per heavy atom.